The number of aliphatic hydroxyl groups is 1. The summed E-state index contributed by atoms with van der Waals surface area (Å²) in [5.74, 6) is -0.685. The van der Waals surface area contributed by atoms with Gasteiger partial charge in [-0.15, -0.1) is 0 Å². The molecule has 3 saturated carbocycles. The summed E-state index contributed by atoms with van der Waals surface area (Å²) in [7, 11) is 3.83. The molecule has 7 atom stereocenters. The summed E-state index contributed by atoms with van der Waals surface area (Å²) in [6, 6.07) is 6.40. The predicted molar refractivity (Wildman–Crippen MR) is 267 cm³/mol. The van der Waals surface area contributed by atoms with Crippen LogP contribution in [0.3, 0.4) is 0 Å². The van der Waals surface area contributed by atoms with E-state index in [-0.39, 0.29) is 89.6 Å². The number of likely N-dealkylation sites (tertiary alicyclic amines) is 2. The van der Waals surface area contributed by atoms with Crippen LogP contribution in [-0.2, 0) is 34.8 Å². The fraction of sp³-hybridized carbons (Fsp3) is 0.679. The van der Waals surface area contributed by atoms with Crippen LogP contribution < -0.4 is 21.3 Å². The monoisotopic (exact) mass is 1020 g/mol. The SMILES string of the molecule is CC(C)N(C)[C@@H]1CC[C@H](N2CC[C@H](Nc3ncnc4ccc(C(F)(F)F)cc34)C2O)[C@H](NC(=O)[C@H]2CC[C@H](NC(=O)CCCO[C@H]3CC[C@H](OCCNC(=O)[C@H]4CC(=O)N(C)[C@@H]4c4cccnc4)CC3)CC2)C1. The maximum Gasteiger partial charge on any atom is 0.416 e. The van der Waals surface area contributed by atoms with Crippen molar-refractivity contribution in [2.24, 2.45) is 11.8 Å². The molecule has 4 amide bonds. The molecule has 1 aromatic carbocycles. The van der Waals surface area contributed by atoms with Gasteiger partial charge in [0.1, 0.15) is 18.4 Å². The number of benzene rings is 1. The third kappa shape index (κ3) is 13.6. The van der Waals surface area contributed by atoms with E-state index in [1.165, 1.54) is 12.4 Å². The van der Waals surface area contributed by atoms with Crippen LogP contribution >= 0.6 is 0 Å². The van der Waals surface area contributed by atoms with Crippen molar-refractivity contribution in [1.82, 2.24) is 45.6 Å². The van der Waals surface area contributed by atoms with Gasteiger partial charge in [-0.1, -0.05) is 6.07 Å². The molecule has 400 valence electrons. The van der Waals surface area contributed by atoms with E-state index in [0.717, 1.165) is 62.6 Å². The van der Waals surface area contributed by atoms with E-state index in [9.17, 15) is 37.5 Å². The lowest BCUT2D eigenvalue weighted by Gasteiger charge is -2.46. The van der Waals surface area contributed by atoms with Gasteiger partial charge in [0.2, 0.25) is 23.6 Å². The van der Waals surface area contributed by atoms with Gasteiger partial charge in [0.05, 0.1) is 47.9 Å². The lowest BCUT2D eigenvalue weighted by molar-refractivity contribution is -0.137. The van der Waals surface area contributed by atoms with E-state index in [1.54, 1.807) is 24.3 Å². The second-order valence-electron chi connectivity index (χ2n) is 21.2. The van der Waals surface area contributed by atoms with Crippen molar-refractivity contribution in [3.8, 4) is 0 Å². The molecule has 17 nitrogen and oxygen atoms in total. The maximum atomic E-state index is 14.0. The first-order valence-corrected chi connectivity index (χ1v) is 26.5. The Kier molecular flexibility index (Phi) is 18.2. The number of ether oxygens (including phenoxy) is 2. The molecule has 0 bridgehead atoms. The first-order chi connectivity index (χ1) is 35.0. The molecule has 2 aliphatic heterocycles. The summed E-state index contributed by atoms with van der Waals surface area (Å²) in [6.07, 6.45) is 9.58. The zero-order valence-corrected chi connectivity index (χ0v) is 42.7. The number of fused-ring (bicyclic) bond motifs is 1. The normalized spacial score (nSPS) is 29.2. The number of pyridine rings is 1. The standard InChI is InChI=1S/C53H75F3N10O7/c1-32(2)64(3)37-14-20-45(66-24-21-43(52(66)71)62-49-40-27-35(53(54,55)56)11-19-42(40)59-31-60-49)44(28-37)63-50(69)33-9-12-36(13-10-33)61-46(67)8-6-25-72-38-15-17-39(18-16-38)73-26-23-58-51(70)41-29-47(68)65(4)48(41)34-7-5-22-57-30-34/h5,7,11,19,22,27,30-33,36-39,41,43-45,48,52,71H,6,8-10,12-18,20-21,23-26,28-29H2,1-4H3,(H,58,70)(H,61,67)(H,63,69)(H,59,60,62)/t33-,36-,37-,38-,39-,41+,43+,44-,45+,48-,52?/m1/s1. The minimum Gasteiger partial charge on any atom is -0.378 e. The number of amides is 4. The molecule has 0 spiro atoms. The molecule has 20 heteroatoms. The molecule has 3 aromatic rings. The molecular weight excluding hydrogens is 946 g/mol. The van der Waals surface area contributed by atoms with Gasteiger partial charge in [-0.2, -0.15) is 13.2 Å². The molecule has 2 saturated heterocycles. The molecule has 2 aromatic heterocycles. The Morgan fingerprint density at radius 2 is 1.64 bits per heavy atom. The van der Waals surface area contributed by atoms with Crippen molar-refractivity contribution in [3.05, 3.63) is 60.2 Å². The number of carbonyl (C=O) groups excluding carboxylic acids is 4. The molecule has 0 radical (unpaired) electrons. The van der Waals surface area contributed by atoms with Crippen molar-refractivity contribution in [1.29, 1.82) is 0 Å². The Morgan fingerprint density at radius 3 is 2.34 bits per heavy atom. The van der Waals surface area contributed by atoms with Crippen molar-refractivity contribution >= 4 is 40.3 Å². The van der Waals surface area contributed by atoms with E-state index < -0.39 is 29.9 Å². The van der Waals surface area contributed by atoms with Crippen LogP contribution in [0.2, 0.25) is 0 Å². The summed E-state index contributed by atoms with van der Waals surface area (Å²) in [4.78, 5) is 71.2. The van der Waals surface area contributed by atoms with Gasteiger partial charge in [0, 0.05) is 93.5 Å². The molecule has 1 unspecified atom stereocenters. The molecule has 5 N–H and O–H groups in total. The lowest BCUT2D eigenvalue weighted by Crippen LogP contribution is -2.60. The first kappa shape index (κ1) is 54.2. The molecule has 73 heavy (non-hydrogen) atoms. The number of carbonyl (C=O) groups is 4. The highest BCUT2D eigenvalue weighted by molar-refractivity contribution is 5.91. The second kappa shape index (κ2) is 24.6. The molecule has 5 fully saturated rings. The highest BCUT2D eigenvalue weighted by Crippen LogP contribution is 2.38. The van der Waals surface area contributed by atoms with Gasteiger partial charge in [-0.05, 0) is 134 Å². The van der Waals surface area contributed by atoms with Gasteiger partial charge >= 0.3 is 6.18 Å². The molecule has 8 rings (SSSR count). The number of rotatable bonds is 19. The van der Waals surface area contributed by atoms with E-state index >= 15 is 0 Å². The molecule has 5 aliphatic rings. The third-order valence-corrected chi connectivity index (χ3v) is 16.3. The van der Waals surface area contributed by atoms with Crippen LogP contribution in [0.5, 0.6) is 0 Å². The van der Waals surface area contributed by atoms with Gasteiger partial charge in [-0.3, -0.25) is 29.1 Å². The van der Waals surface area contributed by atoms with Crippen molar-refractivity contribution < 1.29 is 46.9 Å². The Morgan fingerprint density at radius 1 is 0.904 bits per heavy atom. The number of alkyl halides is 3. The number of nitrogens with zero attached hydrogens (tertiary/aromatic N) is 6. The van der Waals surface area contributed by atoms with Crippen LogP contribution in [0.1, 0.15) is 127 Å². The summed E-state index contributed by atoms with van der Waals surface area (Å²) in [6.45, 7) is 6.09. The van der Waals surface area contributed by atoms with Gasteiger partial charge in [-0.25, -0.2) is 9.97 Å². The topological polar surface area (TPSA) is 203 Å². The number of anilines is 1. The van der Waals surface area contributed by atoms with E-state index in [2.05, 4.69) is 62.0 Å². The number of halogens is 3. The Bertz CT molecular complexity index is 2330. The number of aromatic nitrogens is 3. The highest BCUT2D eigenvalue weighted by Gasteiger charge is 2.45. The minimum absolute atomic E-state index is 0.00109. The van der Waals surface area contributed by atoms with Gasteiger partial charge in [0.25, 0.3) is 0 Å². The van der Waals surface area contributed by atoms with Gasteiger partial charge in [0.15, 0.2) is 0 Å². The Balaban J connectivity index is 0.724. The van der Waals surface area contributed by atoms with Crippen molar-refractivity contribution in [2.75, 3.05) is 45.7 Å². The van der Waals surface area contributed by atoms with Crippen LogP contribution in [0.15, 0.2) is 49.1 Å². The minimum atomic E-state index is -4.53. The van der Waals surface area contributed by atoms with E-state index in [0.29, 0.717) is 82.8 Å². The summed E-state index contributed by atoms with van der Waals surface area (Å²) < 4.78 is 53.1. The largest absolute Gasteiger partial charge is 0.416 e. The maximum absolute atomic E-state index is 14.0. The van der Waals surface area contributed by atoms with Crippen LogP contribution in [0, 0.1) is 11.8 Å². The predicted octanol–water partition coefficient (Wildman–Crippen LogP) is 5.73. The van der Waals surface area contributed by atoms with E-state index in [4.69, 9.17) is 9.47 Å². The molecule has 4 heterocycles. The van der Waals surface area contributed by atoms with E-state index in [1.807, 2.05) is 17.0 Å². The zero-order chi connectivity index (χ0) is 51.8. The third-order valence-electron chi connectivity index (χ3n) is 16.3. The smallest absolute Gasteiger partial charge is 0.378 e. The molecular formula is C53H75F3N10O7. The summed E-state index contributed by atoms with van der Waals surface area (Å²) in [5.41, 5.74) is 0.408. The highest BCUT2D eigenvalue weighted by atomic mass is 19.4. The number of nitrogens with one attached hydrogen (secondary N) is 4. The van der Waals surface area contributed by atoms with Crippen LogP contribution in [0.4, 0.5) is 19.0 Å². The summed E-state index contributed by atoms with van der Waals surface area (Å²) in [5, 5.41) is 24.8. The number of aliphatic hydroxyl groups excluding tert-OH is 1. The fourth-order valence-electron chi connectivity index (χ4n) is 11.9. The Hall–Kier alpha value is -5.02. The average molecular weight is 1020 g/mol. The lowest BCUT2D eigenvalue weighted by atomic mass is 9.82. The quantitative estimate of drug-likeness (QED) is 0.0913. The van der Waals surface area contributed by atoms with Crippen LogP contribution in [-0.4, -0.2) is 153 Å². The van der Waals surface area contributed by atoms with Crippen molar-refractivity contribution in [2.45, 2.75) is 177 Å². The number of hydrogen-bond acceptors (Lipinski definition) is 13. The Labute approximate surface area is 426 Å². The summed E-state index contributed by atoms with van der Waals surface area (Å²) >= 11 is 0. The van der Waals surface area contributed by atoms with Crippen molar-refractivity contribution in [3.63, 3.8) is 0 Å². The average Bonchev–Trinajstić information content (AvgIpc) is 3.90. The van der Waals surface area contributed by atoms with Crippen LogP contribution in [0.25, 0.3) is 10.9 Å². The fourth-order valence-corrected chi connectivity index (χ4v) is 11.9. The molecule has 3 aliphatic carbocycles. The second-order valence-corrected chi connectivity index (χ2v) is 21.2. The van der Waals surface area contributed by atoms with Gasteiger partial charge < -0.3 is 45.6 Å². The number of hydrogen-bond donors (Lipinski definition) is 5. The first-order valence-electron chi connectivity index (χ1n) is 26.5. The zero-order valence-electron chi connectivity index (χ0n) is 42.7.